The van der Waals surface area contributed by atoms with Gasteiger partial charge in [-0.1, -0.05) is 63.7 Å². The zero-order valence-electron chi connectivity index (χ0n) is 11.6. The maximum absolute atomic E-state index is 12.0. The Morgan fingerprint density at radius 2 is 2.14 bits per heavy atom. The second kappa shape index (κ2) is 7.35. The summed E-state index contributed by atoms with van der Waals surface area (Å²) >= 11 is 6.55. The number of thioether (sulfide) groups is 2. The van der Waals surface area contributed by atoms with Crippen molar-refractivity contribution >= 4 is 61.1 Å². The predicted molar refractivity (Wildman–Crippen MR) is 100 cm³/mol. The molecule has 1 N–H and O–H groups in total. The molecule has 0 aromatic heterocycles. The second-order valence-electron chi connectivity index (χ2n) is 4.64. The average molecular weight is 393 g/mol. The third kappa shape index (κ3) is 4.15. The lowest BCUT2D eigenvalue weighted by Gasteiger charge is -2.14. The highest BCUT2D eigenvalue weighted by molar-refractivity contribution is 9.10. The first kappa shape index (κ1) is 15.6. The fourth-order valence-corrected chi connectivity index (χ4v) is 4.24. The van der Waals surface area contributed by atoms with Crippen LogP contribution in [0.1, 0.15) is 5.56 Å². The van der Waals surface area contributed by atoms with Crippen molar-refractivity contribution in [2.75, 3.05) is 11.1 Å². The number of para-hydroxylation sites is 1. The summed E-state index contributed by atoms with van der Waals surface area (Å²) < 4.78 is 1.89. The number of aliphatic imine (C=N–C) groups is 1. The summed E-state index contributed by atoms with van der Waals surface area (Å²) in [6.07, 6.45) is 0. The van der Waals surface area contributed by atoms with E-state index in [1.807, 2.05) is 42.5 Å². The van der Waals surface area contributed by atoms with Gasteiger partial charge in [0.1, 0.15) is 4.38 Å². The minimum Gasteiger partial charge on any atom is -0.325 e. The zero-order chi connectivity index (χ0) is 15.4. The monoisotopic (exact) mass is 392 g/mol. The standard InChI is InChI=1S/C16H13BrN2OS2/c17-12-5-3-6-13(8-12)18-15(20)10-22-16-19-14-7-2-1-4-11(14)9-21-16/h1-8H,9-10H2,(H,18,20). The van der Waals surface area contributed by atoms with Crippen molar-refractivity contribution in [3.05, 3.63) is 58.6 Å². The Morgan fingerprint density at radius 1 is 1.27 bits per heavy atom. The fraction of sp³-hybridized carbons (Fsp3) is 0.125. The predicted octanol–water partition coefficient (Wildman–Crippen LogP) is 5.06. The molecule has 0 spiro atoms. The molecule has 3 rings (SSSR count). The van der Waals surface area contributed by atoms with E-state index in [2.05, 4.69) is 32.3 Å². The number of amides is 1. The van der Waals surface area contributed by atoms with Crippen LogP contribution in [0, 0.1) is 0 Å². The van der Waals surface area contributed by atoms with E-state index in [1.165, 1.54) is 17.3 Å². The Hall–Kier alpha value is -1.24. The minimum absolute atomic E-state index is 0.0229. The van der Waals surface area contributed by atoms with E-state index in [-0.39, 0.29) is 5.91 Å². The Bertz CT molecular complexity index is 734. The van der Waals surface area contributed by atoms with Crippen LogP contribution in [0.3, 0.4) is 0 Å². The molecule has 2 aromatic carbocycles. The van der Waals surface area contributed by atoms with Gasteiger partial charge in [-0.25, -0.2) is 4.99 Å². The van der Waals surface area contributed by atoms with Gasteiger partial charge in [-0.2, -0.15) is 0 Å². The Balaban J connectivity index is 1.57. The number of halogens is 1. The van der Waals surface area contributed by atoms with E-state index < -0.39 is 0 Å². The Morgan fingerprint density at radius 3 is 3.00 bits per heavy atom. The molecule has 0 fully saturated rings. The normalized spacial score (nSPS) is 13.2. The minimum atomic E-state index is -0.0229. The summed E-state index contributed by atoms with van der Waals surface area (Å²) in [5.74, 6) is 1.25. The van der Waals surface area contributed by atoms with Gasteiger partial charge in [-0.15, -0.1) is 0 Å². The van der Waals surface area contributed by atoms with Crippen LogP contribution in [0.4, 0.5) is 11.4 Å². The molecule has 2 aromatic rings. The first-order valence-electron chi connectivity index (χ1n) is 6.68. The molecule has 22 heavy (non-hydrogen) atoms. The van der Waals surface area contributed by atoms with Crippen LogP contribution < -0.4 is 5.32 Å². The van der Waals surface area contributed by atoms with Crippen molar-refractivity contribution in [3.8, 4) is 0 Å². The summed E-state index contributed by atoms with van der Waals surface area (Å²) in [6.45, 7) is 0. The summed E-state index contributed by atoms with van der Waals surface area (Å²) in [5, 5.41) is 2.89. The first-order chi connectivity index (χ1) is 10.7. The molecule has 0 atom stereocenters. The number of hydrogen-bond donors (Lipinski definition) is 1. The van der Waals surface area contributed by atoms with E-state index in [4.69, 9.17) is 0 Å². The van der Waals surface area contributed by atoms with E-state index >= 15 is 0 Å². The molecule has 0 saturated carbocycles. The summed E-state index contributed by atoms with van der Waals surface area (Å²) in [4.78, 5) is 16.6. The number of fused-ring (bicyclic) bond motifs is 1. The first-order valence-corrected chi connectivity index (χ1v) is 9.45. The molecular formula is C16H13BrN2OS2. The molecule has 6 heteroatoms. The van der Waals surface area contributed by atoms with Crippen molar-refractivity contribution in [2.45, 2.75) is 5.75 Å². The molecule has 0 radical (unpaired) electrons. The van der Waals surface area contributed by atoms with Gasteiger partial charge in [0.25, 0.3) is 0 Å². The summed E-state index contributed by atoms with van der Waals surface area (Å²) in [7, 11) is 0. The quantitative estimate of drug-likeness (QED) is 0.793. The van der Waals surface area contributed by atoms with Crippen LogP contribution >= 0.6 is 39.5 Å². The lowest BCUT2D eigenvalue weighted by atomic mass is 10.2. The molecule has 0 saturated heterocycles. The van der Waals surface area contributed by atoms with Crippen LogP contribution in [-0.4, -0.2) is 16.0 Å². The number of hydrogen-bond acceptors (Lipinski definition) is 4. The largest absolute Gasteiger partial charge is 0.325 e. The molecule has 3 nitrogen and oxygen atoms in total. The van der Waals surface area contributed by atoms with Gasteiger partial charge in [0.2, 0.25) is 5.91 Å². The third-order valence-corrected chi connectivity index (χ3v) is 5.73. The van der Waals surface area contributed by atoms with Gasteiger partial charge in [0.15, 0.2) is 0 Å². The Kier molecular flexibility index (Phi) is 5.23. The highest BCUT2D eigenvalue weighted by Gasteiger charge is 2.14. The molecule has 1 aliphatic rings. The molecular weight excluding hydrogens is 380 g/mol. The van der Waals surface area contributed by atoms with E-state index in [1.54, 1.807) is 11.8 Å². The van der Waals surface area contributed by atoms with Crippen molar-refractivity contribution in [1.29, 1.82) is 0 Å². The third-order valence-electron chi connectivity index (χ3n) is 2.99. The van der Waals surface area contributed by atoms with Gasteiger partial charge >= 0.3 is 0 Å². The number of rotatable bonds is 3. The highest BCUT2D eigenvalue weighted by Crippen LogP contribution is 2.34. The topological polar surface area (TPSA) is 41.5 Å². The molecule has 1 aliphatic heterocycles. The number of anilines is 1. The lowest BCUT2D eigenvalue weighted by molar-refractivity contribution is -0.113. The van der Waals surface area contributed by atoms with Crippen LogP contribution in [-0.2, 0) is 10.5 Å². The average Bonchev–Trinajstić information content (AvgIpc) is 2.53. The summed E-state index contributed by atoms with van der Waals surface area (Å²) in [6, 6.07) is 15.7. The van der Waals surface area contributed by atoms with Gasteiger partial charge in [-0.05, 0) is 29.8 Å². The number of carbonyl (C=O) groups excluding carboxylic acids is 1. The SMILES string of the molecule is O=C(CSC1=Nc2ccccc2CS1)Nc1cccc(Br)c1. The second-order valence-corrected chi connectivity index (χ2v) is 7.74. The molecule has 1 heterocycles. The number of benzene rings is 2. The molecule has 1 amide bonds. The highest BCUT2D eigenvalue weighted by atomic mass is 79.9. The van der Waals surface area contributed by atoms with Gasteiger partial charge in [0.05, 0.1) is 11.4 Å². The number of nitrogens with one attached hydrogen (secondary N) is 1. The van der Waals surface area contributed by atoms with Crippen molar-refractivity contribution < 1.29 is 4.79 Å². The zero-order valence-corrected chi connectivity index (χ0v) is 14.8. The van der Waals surface area contributed by atoms with Crippen LogP contribution in [0.2, 0.25) is 0 Å². The maximum Gasteiger partial charge on any atom is 0.234 e. The molecule has 0 unspecified atom stereocenters. The van der Waals surface area contributed by atoms with Crippen molar-refractivity contribution in [3.63, 3.8) is 0 Å². The maximum atomic E-state index is 12.0. The number of nitrogens with zero attached hydrogens (tertiary/aromatic N) is 1. The lowest BCUT2D eigenvalue weighted by Crippen LogP contribution is -2.15. The van der Waals surface area contributed by atoms with Gasteiger partial charge < -0.3 is 5.32 Å². The fourth-order valence-electron chi connectivity index (χ4n) is 1.98. The summed E-state index contributed by atoms with van der Waals surface area (Å²) in [5.41, 5.74) is 3.05. The molecule has 112 valence electrons. The number of carbonyl (C=O) groups is 1. The van der Waals surface area contributed by atoms with Gasteiger partial charge in [-0.3, -0.25) is 4.79 Å². The van der Waals surface area contributed by atoms with Crippen LogP contribution in [0.5, 0.6) is 0 Å². The van der Waals surface area contributed by atoms with Gasteiger partial charge in [0, 0.05) is 15.9 Å². The smallest absolute Gasteiger partial charge is 0.234 e. The van der Waals surface area contributed by atoms with E-state index in [0.29, 0.717) is 5.75 Å². The van der Waals surface area contributed by atoms with Crippen LogP contribution in [0.25, 0.3) is 0 Å². The van der Waals surface area contributed by atoms with E-state index in [9.17, 15) is 4.79 Å². The Labute approximate surface area is 146 Å². The van der Waals surface area contributed by atoms with Crippen LogP contribution in [0.15, 0.2) is 58.0 Å². The molecule has 0 aliphatic carbocycles. The van der Waals surface area contributed by atoms with E-state index in [0.717, 1.165) is 26.0 Å². The van der Waals surface area contributed by atoms with Crippen molar-refractivity contribution in [2.24, 2.45) is 4.99 Å². The van der Waals surface area contributed by atoms with Crippen molar-refractivity contribution in [1.82, 2.24) is 0 Å². The molecule has 0 bridgehead atoms.